The van der Waals surface area contributed by atoms with Crippen LogP contribution in [0.15, 0.2) is 24.3 Å². The van der Waals surface area contributed by atoms with Gasteiger partial charge in [-0.05, 0) is 38.6 Å². The van der Waals surface area contributed by atoms with Crippen LogP contribution >= 0.6 is 0 Å². The predicted molar refractivity (Wildman–Crippen MR) is 110 cm³/mol. The Hall–Kier alpha value is -2.21. The number of unbranched alkanes of at least 4 members (excludes halogenated alkanes) is 1. The van der Waals surface area contributed by atoms with Crippen LogP contribution in [0, 0.1) is 6.92 Å². The van der Waals surface area contributed by atoms with Gasteiger partial charge >= 0.3 is 0 Å². The van der Waals surface area contributed by atoms with E-state index in [1.54, 1.807) is 11.9 Å². The third-order valence-electron chi connectivity index (χ3n) is 5.57. The highest BCUT2D eigenvalue weighted by Gasteiger charge is 2.54. The molecule has 0 saturated carbocycles. The summed E-state index contributed by atoms with van der Waals surface area (Å²) < 4.78 is 0. The van der Waals surface area contributed by atoms with Crippen LogP contribution in [0.4, 0.5) is 0 Å². The van der Waals surface area contributed by atoms with E-state index in [-0.39, 0.29) is 30.6 Å². The molecule has 1 fully saturated rings. The molecule has 6 heteroatoms. The van der Waals surface area contributed by atoms with Gasteiger partial charge in [-0.25, -0.2) is 0 Å². The van der Waals surface area contributed by atoms with Crippen LogP contribution in [-0.4, -0.2) is 73.2 Å². The van der Waals surface area contributed by atoms with Crippen LogP contribution in [0.25, 0.3) is 0 Å². The summed E-state index contributed by atoms with van der Waals surface area (Å²) in [7, 11) is 5.59. The van der Waals surface area contributed by atoms with Gasteiger partial charge in [-0.15, -0.1) is 0 Å². The highest BCUT2D eigenvalue weighted by molar-refractivity contribution is 6.10. The lowest BCUT2D eigenvalue weighted by atomic mass is 9.74. The standard InChI is InChI=1S/C22H33N3O3/c1-6-7-12-24(5)19(26)15-22(18-11-9-8-10-17(18)2)16-20(27)25(21(22)28)14-13-23(3)4/h8-11H,6-7,12-16H2,1-5H3. The number of imide groups is 1. The number of benzene rings is 1. The highest BCUT2D eigenvalue weighted by atomic mass is 16.2. The minimum Gasteiger partial charge on any atom is -0.346 e. The number of likely N-dealkylation sites (N-methyl/N-ethyl adjacent to an activating group) is 1. The maximum atomic E-state index is 13.5. The van der Waals surface area contributed by atoms with Gasteiger partial charge in [0, 0.05) is 39.5 Å². The van der Waals surface area contributed by atoms with E-state index in [0.717, 1.165) is 24.0 Å². The van der Waals surface area contributed by atoms with Crippen LogP contribution in [0.1, 0.15) is 43.7 Å². The first-order valence-electron chi connectivity index (χ1n) is 10.0. The number of carbonyl (C=O) groups is 3. The van der Waals surface area contributed by atoms with Crippen molar-refractivity contribution in [2.75, 3.05) is 40.8 Å². The monoisotopic (exact) mass is 387 g/mol. The molecule has 1 atom stereocenters. The number of likely N-dealkylation sites (tertiary alicyclic amines) is 1. The molecule has 0 spiro atoms. The van der Waals surface area contributed by atoms with Gasteiger partial charge < -0.3 is 9.80 Å². The van der Waals surface area contributed by atoms with Crippen molar-refractivity contribution < 1.29 is 14.4 Å². The van der Waals surface area contributed by atoms with Crippen molar-refractivity contribution in [1.29, 1.82) is 0 Å². The van der Waals surface area contributed by atoms with Crippen LogP contribution in [-0.2, 0) is 19.8 Å². The third kappa shape index (κ3) is 4.61. The van der Waals surface area contributed by atoms with Crippen molar-refractivity contribution >= 4 is 17.7 Å². The van der Waals surface area contributed by atoms with E-state index < -0.39 is 5.41 Å². The van der Waals surface area contributed by atoms with Gasteiger partial charge in [0.15, 0.2) is 0 Å². The summed E-state index contributed by atoms with van der Waals surface area (Å²) in [6, 6.07) is 7.60. The molecule has 1 unspecified atom stereocenters. The molecule has 28 heavy (non-hydrogen) atoms. The second-order valence-corrected chi connectivity index (χ2v) is 8.07. The van der Waals surface area contributed by atoms with Gasteiger partial charge in [0.1, 0.15) is 0 Å². The molecule has 1 aliphatic rings. The number of aryl methyl sites for hydroxylation is 1. The maximum absolute atomic E-state index is 13.5. The van der Waals surface area contributed by atoms with Gasteiger partial charge in [0.05, 0.1) is 5.41 Å². The quantitative estimate of drug-likeness (QED) is 0.610. The molecule has 1 aromatic carbocycles. The normalized spacial score (nSPS) is 19.6. The number of amides is 3. The molecule has 6 nitrogen and oxygen atoms in total. The summed E-state index contributed by atoms with van der Waals surface area (Å²) in [5.41, 5.74) is 0.617. The fraction of sp³-hybridized carbons (Fsp3) is 0.591. The Labute approximate surface area is 168 Å². The summed E-state index contributed by atoms with van der Waals surface area (Å²) in [5.74, 6) is -0.530. The predicted octanol–water partition coefficient (Wildman–Crippen LogP) is 2.20. The number of carbonyl (C=O) groups excluding carboxylic acids is 3. The minimum absolute atomic E-state index is 0.0289. The Morgan fingerprint density at radius 3 is 2.43 bits per heavy atom. The molecule has 0 radical (unpaired) electrons. The van der Waals surface area contributed by atoms with Crippen LogP contribution in [0.2, 0.25) is 0 Å². The molecule has 3 amide bonds. The zero-order valence-electron chi connectivity index (χ0n) is 17.8. The van der Waals surface area contributed by atoms with Crippen molar-refractivity contribution in [2.45, 2.75) is 44.9 Å². The third-order valence-corrected chi connectivity index (χ3v) is 5.57. The zero-order valence-corrected chi connectivity index (χ0v) is 17.8. The first-order chi connectivity index (χ1) is 13.2. The van der Waals surface area contributed by atoms with E-state index in [4.69, 9.17) is 0 Å². The Morgan fingerprint density at radius 2 is 1.82 bits per heavy atom. The van der Waals surface area contributed by atoms with Crippen molar-refractivity contribution in [1.82, 2.24) is 14.7 Å². The van der Waals surface area contributed by atoms with Gasteiger partial charge in [-0.3, -0.25) is 19.3 Å². The molecule has 0 aromatic heterocycles. The Balaban J connectivity index is 2.39. The Kier molecular flexibility index (Phi) is 7.35. The summed E-state index contributed by atoms with van der Waals surface area (Å²) in [6.45, 7) is 5.62. The SMILES string of the molecule is CCCCN(C)C(=O)CC1(c2ccccc2C)CC(=O)N(CCN(C)C)C1=O. The molecule has 154 valence electrons. The lowest BCUT2D eigenvalue weighted by Crippen LogP contribution is -2.44. The fourth-order valence-corrected chi connectivity index (χ4v) is 3.79. The average Bonchev–Trinajstić information content (AvgIpc) is 2.88. The van der Waals surface area contributed by atoms with Crippen LogP contribution in [0.3, 0.4) is 0 Å². The van der Waals surface area contributed by atoms with E-state index in [0.29, 0.717) is 19.6 Å². The van der Waals surface area contributed by atoms with Gasteiger partial charge in [0.2, 0.25) is 17.7 Å². The molecule has 2 rings (SSSR count). The Morgan fingerprint density at radius 1 is 1.14 bits per heavy atom. The van der Waals surface area contributed by atoms with Gasteiger partial charge in [-0.1, -0.05) is 37.6 Å². The first kappa shape index (κ1) is 22.1. The summed E-state index contributed by atoms with van der Waals surface area (Å²) in [4.78, 5) is 44.2. The highest BCUT2D eigenvalue weighted by Crippen LogP contribution is 2.41. The maximum Gasteiger partial charge on any atom is 0.240 e. The number of nitrogens with zero attached hydrogens (tertiary/aromatic N) is 3. The van der Waals surface area contributed by atoms with E-state index in [1.807, 2.05) is 50.2 Å². The van der Waals surface area contributed by atoms with Gasteiger partial charge in [-0.2, -0.15) is 0 Å². The van der Waals surface area contributed by atoms with Gasteiger partial charge in [0.25, 0.3) is 0 Å². The molecule has 1 saturated heterocycles. The molecule has 0 N–H and O–H groups in total. The first-order valence-corrected chi connectivity index (χ1v) is 10.0. The topological polar surface area (TPSA) is 60.9 Å². The van der Waals surface area contributed by atoms with Crippen LogP contribution < -0.4 is 0 Å². The number of hydrogen-bond acceptors (Lipinski definition) is 4. The number of rotatable bonds is 9. The largest absolute Gasteiger partial charge is 0.346 e. The molecule has 1 aliphatic heterocycles. The summed E-state index contributed by atoms with van der Waals surface area (Å²) >= 11 is 0. The fourth-order valence-electron chi connectivity index (χ4n) is 3.79. The zero-order chi connectivity index (χ0) is 20.9. The lowest BCUT2D eigenvalue weighted by Gasteiger charge is -2.30. The second kappa shape index (κ2) is 9.32. The molecule has 0 aliphatic carbocycles. The van der Waals surface area contributed by atoms with Crippen molar-refractivity contribution in [3.8, 4) is 0 Å². The summed E-state index contributed by atoms with van der Waals surface area (Å²) in [5, 5.41) is 0. The molecule has 1 heterocycles. The molecular weight excluding hydrogens is 354 g/mol. The smallest absolute Gasteiger partial charge is 0.240 e. The Bertz CT molecular complexity index is 731. The molecule has 0 bridgehead atoms. The van der Waals surface area contributed by atoms with Crippen LogP contribution in [0.5, 0.6) is 0 Å². The van der Waals surface area contributed by atoms with Crippen molar-refractivity contribution in [3.05, 3.63) is 35.4 Å². The number of hydrogen-bond donors (Lipinski definition) is 0. The van der Waals surface area contributed by atoms with Crippen molar-refractivity contribution in [3.63, 3.8) is 0 Å². The van der Waals surface area contributed by atoms with E-state index in [2.05, 4.69) is 6.92 Å². The average molecular weight is 388 g/mol. The minimum atomic E-state index is -1.10. The van der Waals surface area contributed by atoms with E-state index in [9.17, 15) is 14.4 Å². The van der Waals surface area contributed by atoms with E-state index >= 15 is 0 Å². The summed E-state index contributed by atoms with van der Waals surface area (Å²) in [6.07, 6.45) is 2.00. The second-order valence-electron chi connectivity index (χ2n) is 8.07. The lowest BCUT2D eigenvalue weighted by molar-refractivity contribution is -0.142. The molecule has 1 aromatic rings. The molecular formula is C22H33N3O3. The van der Waals surface area contributed by atoms with E-state index in [1.165, 1.54) is 4.90 Å². The van der Waals surface area contributed by atoms with Crippen molar-refractivity contribution in [2.24, 2.45) is 0 Å².